The van der Waals surface area contributed by atoms with Crippen LogP contribution in [0.5, 0.6) is 5.75 Å². The van der Waals surface area contributed by atoms with Gasteiger partial charge in [0.05, 0.1) is 12.3 Å². The maximum Gasteiger partial charge on any atom is 0.191 e. The highest BCUT2D eigenvalue weighted by molar-refractivity contribution is 7.89. The molecule has 0 bridgehead atoms. The second-order valence-electron chi connectivity index (χ2n) is 6.00. The number of hydrogen-bond donors (Lipinski definition) is 2. The van der Waals surface area contributed by atoms with Gasteiger partial charge in [-0.25, -0.2) is 12.8 Å². The van der Waals surface area contributed by atoms with Gasteiger partial charge in [-0.2, -0.15) is 0 Å². The van der Waals surface area contributed by atoms with Gasteiger partial charge in [0.2, 0.25) is 0 Å². The first-order valence-corrected chi connectivity index (χ1v) is 10.5. The van der Waals surface area contributed by atoms with Crippen molar-refractivity contribution in [3.8, 4) is 5.75 Å². The molecule has 2 aromatic carbocycles. The third-order valence-electron chi connectivity index (χ3n) is 3.66. The van der Waals surface area contributed by atoms with Crippen LogP contribution in [0.15, 0.2) is 53.5 Å². The maximum atomic E-state index is 13.6. The average molecular weight is 393 g/mol. The third kappa shape index (κ3) is 7.65. The van der Waals surface area contributed by atoms with E-state index in [4.69, 9.17) is 4.74 Å². The Kier molecular flexibility index (Phi) is 7.60. The van der Waals surface area contributed by atoms with Gasteiger partial charge in [0.25, 0.3) is 0 Å². The van der Waals surface area contributed by atoms with Crippen molar-refractivity contribution in [3.63, 3.8) is 0 Å². The maximum absolute atomic E-state index is 13.6. The van der Waals surface area contributed by atoms with Crippen LogP contribution in [0.25, 0.3) is 0 Å². The van der Waals surface area contributed by atoms with Crippen LogP contribution in [0.4, 0.5) is 4.39 Å². The SMILES string of the molecule is CN=C(NCCOc1ccccc1)NCc1cc(F)ccc1CS(C)(=O)=O. The number of para-hydroxylation sites is 1. The molecule has 0 aromatic heterocycles. The number of nitrogens with zero attached hydrogens (tertiary/aromatic N) is 1. The summed E-state index contributed by atoms with van der Waals surface area (Å²) in [5, 5.41) is 6.15. The van der Waals surface area contributed by atoms with Crippen molar-refractivity contribution in [1.82, 2.24) is 10.6 Å². The molecular formula is C19H24FN3O3S. The van der Waals surface area contributed by atoms with Crippen molar-refractivity contribution in [2.45, 2.75) is 12.3 Å². The Morgan fingerprint density at radius 3 is 2.52 bits per heavy atom. The van der Waals surface area contributed by atoms with E-state index in [0.29, 0.717) is 30.2 Å². The molecule has 0 aliphatic rings. The number of nitrogens with one attached hydrogen (secondary N) is 2. The first kappa shape index (κ1) is 20.7. The minimum Gasteiger partial charge on any atom is -0.492 e. The highest BCUT2D eigenvalue weighted by atomic mass is 32.2. The second kappa shape index (κ2) is 9.91. The number of hydrogen-bond acceptors (Lipinski definition) is 4. The van der Waals surface area contributed by atoms with E-state index >= 15 is 0 Å². The number of rotatable bonds is 8. The Morgan fingerprint density at radius 2 is 1.85 bits per heavy atom. The van der Waals surface area contributed by atoms with Crippen molar-refractivity contribution in [3.05, 3.63) is 65.5 Å². The Bertz CT molecular complexity index is 871. The summed E-state index contributed by atoms with van der Waals surface area (Å²) in [5.74, 6) is 0.748. The van der Waals surface area contributed by atoms with E-state index in [1.807, 2.05) is 30.3 Å². The summed E-state index contributed by atoms with van der Waals surface area (Å²) >= 11 is 0. The second-order valence-corrected chi connectivity index (χ2v) is 8.14. The molecule has 0 spiro atoms. The minimum atomic E-state index is -3.21. The summed E-state index contributed by atoms with van der Waals surface area (Å²) in [6.07, 6.45) is 1.15. The lowest BCUT2D eigenvalue weighted by Crippen LogP contribution is -2.39. The van der Waals surface area contributed by atoms with E-state index < -0.39 is 15.7 Å². The summed E-state index contributed by atoms with van der Waals surface area (Å²) in [7, 11) is -1.59. The molecule has 0 saturated heterocycles. The molecule has 0 atom stereocenters. The Hall–Kier alpha value is -2.61. The molecule has 0 radical (unpaired) electrons. The number of halogens is 1. The van der Waals surface area contributed by atoms with Crippen molar-refractivity contribution >= 4 is 15.8 Å². The first-order valence-electron chi connectivity index (χ1n) is 8.45. The zero-order valence-electron chi connectivity index (χ0n) is 15.4. The number of benzene rings is 2. The molecule has 0 aliphatic heterocycles. The van der Waals surface area contributed by atoms with Crippen LogP contribution < -0.4 is 15.4 Å². The van der Waals surface area contributed by atoms with Gasteiger partial charge in [-0.3, -0.25) is 4.99 Å². The summed E-state index contributed by atoms with van der Waals surface area (Å²) in [6, 6.07) is 13.6. The monoisotopic (exact) mass is 393 g/mol. The highest BCUT2D eigenvalue weighted by Crippen LogP contribution is 2.14. The highest BCUT2D eigenvalue weighted by Gasteiger charge is 2.11. The molecular weight excluding hydrogens is 369 g/mol. The molecule has 0 saturated carbocycles. The zero-order valence-corrected chi connectivity index (χ0v) is 16.2. The Balaban J connectivity index is 1.87. The molecule has 2 N–H and O–H groups in total. The van der Waals surface area contributed by atoms with Crippen LogP contribution in [-0.2, 0) is 22.1 Å². The number of sulfone groups is 1. The predicted octanol–water partition coefficient (Wildman–Crippen LogP) is 2.11. The van der Waals surface area contributed by atoms with Crippen molar-refractivity contribution in [2.75, 3.05) is 26.5 Å². The topological polar surface area (TPSA) is 79.8 Å². The van der Waals surface area contributed by atoms with Crippen molar-refractivity contribution in [1.29, 1.82) is 0 Å². The van der Waals surface area contributed by atoms with Crippen LogP contribution in [0.2, 0.25) is 0 Å². The molecule has 2 aromatic rings. The number of aliphatic imine (C=N–C) groups is 1. The van der Waals surface area contributed by atoms with Crippen LogP contribution in [0, 0.1) is 5.82 Å². The van der Waals surface area contributed by atoms with E-state index in [9.17, 15) is 12.8 Å². The van der Waals surface area contributed by atoms with Crippen LogP contribution >= 0.6 is 0 Å². The van der Waals surface area contributed by atoms with Gasteiger partial charge in [-0.1, -0.05) is 24.3 Å². The Morgan fingerprint density at radius 1 is 1.11 bits per heavy atom. The average Bonchev–Trinajstić information content (AvgIpc) is 2.63. The molecule has 146 valence electrons. The predicted molar refractivity (Wildman–Crippen MR) is 105 cm³/mol. The molecule has 27 heavy (non-hydrogen) atoms. The summed E-state index contributed by atoms with van der Waals surface area (Å²) in [4.78, 5) is 4.10. The lowest BCUT2D eigenvalue weighted by molar-refractivity contribution is 0.322. The molecule has 0 aliphatic carbocycles. The van der Waals surface area contributed by atoms with Gasteiger partial charge in [0.15, 0.2) is 15.8 Å². The minimum absolute atomic E-state index is 0.138. The van der Waals surface area contributed by atoms with Crippen LogP contribution in [-0.4, -0.2) is 40.8 Å². The molecule has 0 unspecified atom stereocenters. The first-order chi connectivity index (χ1) is 12.9. The van der Waals surface area contributed by atoms with Gasteiger partial charge in [-0.15, -0.1) is 0 Å². The smallest absolute Gasteiger partial charge is 0.191 e. The quantitative estimate of drug-likeness (QED) is 0.408. The van der Waals surface area contributed by atoms with Crippen molar-refractivity contribution < 1.29 is 17.5 Å². The van der Waals surface area contributed by atoms with Gasteiger partial charge >= 0.3 is 0 Å². The molecule has 2 rings (SSSR count). The third-order valence-corrected chi connectivity index (χ3v) is 4.50. The molecule has 6 nitrogen and oxygen atoms in total. The normalized spacial score (nSPS) is 11.9. The van der Waals surface area contributed by atoms with Crippen LogP contribution in [0.3, 0.4) is 0 Å². The zero-order chi connectivity index (χ0) is 19.7. The van der Waals surface area contributed by atoms with Gasteiger partial charge in [-0.05, 0) is 35.4 Å². The lowest BCUT2D eigenvalue weighted by atomic mass is 10.1. The largest absolute Gasteiger partial charge is 0.492 e. The summed E-state index contributed by atoms with van der Waals surface area (Å²) in [5.41, 5.74) is 1.14. The lowest BCUT2D eigenvalue weighted by Gasteiger charge is -2.14. The summed E-state index contributed by atoms with van der Waals surface area (Å²) < 4.78 is 42.3. The fourth-order valence-electron chi connectivity index (χ4n) is 2.44. The fourth-order valence-corrected chi connectivity index (χ4v) is 3.28. The van der Waals surface area contributed by atoms with Gasteiger partial charge < -0.3 is 15.4 Å². The van der Waals surface area contributed by atoms with Gasteiger partial charge in [0.1, 0.15) is 18.2 Å². The molecule has 0 heterocycles. The number of guanidine groups is 1. The van der Waals surface area contributed by atoms with Gasteiger partial charge in [0, 0.05) is 19.8 Å². The molecule has 8 heteroatoms. The van der Waals surface area contributed by atoms with Crippen LogP contribution in [0.1, 0.15) is 11.1 Å². The Labute approximate surface area is 159 Å². The fraction of sp³-hybridized carbons (Fsp3) is 0.316. The van der Waals surface area contributed by atoms with Crippen molar-refractivity contribution in [2.24, 2.45) is 4.99 Å². The molecule has 0 amide bonds. The van der Waals surface area contributed by atoms with E-state index in [1.165, 1.54) is 18.2 Å². The van der Waals surface area contributed by atoms with E-state index in [2.05, 4.69) is 15.6 Å². The van der Waals surface area contributed by atoms with E-state index in [0.717, 1.165) is 12.0 Å². The summed E-state index contributed by atoms with van der Waals surface area (Å²) in [6.45, 7) is 1.22. The molecule has 0 fully saturated rings. The number of ether oxygens (including phenoxy) is 1. The standard InChI is InChI=1S/C19H24FN3O3S/c1-21-19(22-10-11-26-18-6-4-3-5-7-18)23-13-16-12-17(20)9-8-15(16)14-27(2,24)25/h3-9,12H,10-11,13-14H2,1-2H3,(H2,21,22,23). The van der Waals surface area contributed by atoms with E-state index in [1.54, 1.807) is 7.05 Å². The van der Waals surface area contributed by atoms with E-state index in [-0.39, 0.29) is 12.3 Å².